The summed E-state index contributed by atoms with van der Waals surface area (Å²) in [6.07, 6.45) is 1.30. The minimum Gasteiger partial charge on any atom is -0.493 e. The highest BCUT2D eigenvalue weighted by atomic mass is 19.3. The van der Waals surface area contributed by atoms with Gasteiger partial charge in [0.2, 0.25) is 5.91 Å². The fourth-order valence-electron chi connectivity index (χ4n) is 2.21. The predicted octanol–water partition coefficient (Wildman–Crippen LogP) is 2.25. The van der Waals surface area contributed by atoms with Gasteiger partial charge in [-0.25, -0.2) is 5.43 Å². The zero-order valence-electron chi connectivity index (χ0n) is 15.0. The van der Waals surface area contributed by atoms with Crippen molar-refractivity contribution >= 4 is 17.9 Å². The third-order valence-electron chi connectivity index (χ3n) is 3.51. The summed E-state index contributed by atoms with van der Waals surface area (Å²) in [5, 5.41) is 18.2. The monoisotopic (exact) mass is 397 g/mol. The van der Waals surface area contributed by atoms with Crippen LogP contribution in [0.2, 0.25) is 0 Å². The van der Waals surface area contributed by atoms with Gasteiger partial charge in [-0.2, -0.15) is 18.6 Å². The highest BCUT2D eigenvalue weighted by molar-refractivity contribution is 5.83. The summed E-state index contributed by atoms with van der Waals surface area (Å²) in [7, 11) is 1.30. The molecule has 0 aliphatic rings. The van der Waals surface area contributed by atoms with Crippen molar-refractivity contribution in [1.29, 1.82) is 0 Å². The van der Waals surface area contributed by atoms with E-state index in [1.165, 1.54) is 42.3 Å². The van der Waals surface area contributed by atoms with E-state index in [9.17, 15) is 23.7 Å². The molecule has 0 aliphatic carbocycles. The molecule has 2 rings (SSSR count). The number of rotatable bonds is 9. The first-order chi connectivity index (χ1) is 13.3. The van der Waals surface area contributed by atoms with Crippen LogP contribution in [0.15, 0.2) is 29.4 Å². The zero-order chi connectivity index (χ0) is 20.7. The Morgan fingerprint density at radius 1 is 1.43 bits per heavy atom. The van der Waals surface area contributed by atoms with Gasteiger partial charge in [0.25, 0.3) is 0 Å². The van der Waals surface area contributed by atoms with Crippen LogP contribution in [-0.4, -0.2) is 40.5 Å². The molecule has 0 saturated carbocycles. The summed E-state index contributed by atoms with van der Waals surface area (Å²) in [5.74, 6) is -0.753. The second-order valence-electron chi connectivity index (χ2n) is 5.46. The Bertz CT molecular complexity index is 884. The van der Waals surface area contributed by atoms with Crippen molar-refractivity contribution in [1.82, 2.24) is 15.2 Å². The maximum atomic E-state index is 12.3. The lowest BCUT2D eigenvalue weighted by molar-refractivity contribution is -0.389. The molecule has 1 N–H and O–H groups in total. The summed E-state index contributed by atoms with van der Waals surface area (Å²) in [5.41, 5.74) is 3.34. The fraction of sp³-hybridized carbons (Fsp3) is 0.312. The van der Waals surface area contributed by atoms with E-state index in [-0.39, 0.29) is 30.3 Å². The second kappa shape index (κ2) is 9.39. The number of halogens is 2. The van der Waals surface area contributed by atoms with Gasteiger partial charge in [-0.05, 0) is 35.6 Å². The van der Waals surface area contributed by atoms with Crippen molar-refractivity contribution in [3.8, 4) is 11.5 Å². The molecular weight excluding hydrogens is 380 g/mol. The van der Waals surface area contributed by atoms with Crippen LogP contribution in [0, 0.1) is 17.0 Å². The summed E-state index contributed by atoms with van der Waals surface area (Å²) in [6, 6.07) is 5.48. The molecule has 28 heavy (non-hydrogen) atoms. The lowest BCUT2D eigenvalue weighted by Crippen LogP contribution is -2.20. The van der Waals surface area contributed by atoms with E-state index in [2.05, 4.69) is 20.4 Å². The van der Waals surface area contributed by atoms with Gasteiger partial charge in [0.15, 0.2) is 11.5 Å². The van der Waals surface area contributed by atoms with Crippen molar-refractivity contribution in [2.24, 2.45) is 5.10 Å². The van der Waals surface area contributed by atoms with Crippen molar-refractivity contribution in [3.05, 3.63) is 45.6 Å². The number of nitrogens with one attached hydrogen (secondary N) is 1. The Balaban J connectivity index is 1.90. The number of nitro groups is 1. The summed E-state index contributed by atoms with van der Waals surface area (Å²) in [4.78, 5) is 21.9. The Hall–Kier alpha value is -3.57. The van der Waals surface area contributed by atoms with Gasteiger partial charge >= 0.3 is 12.4 Å². The van der Waals surface area contributed by atoms with Gasteiger partial charge in [-0.15, -0.1) is 0 Å². The zero-order valence-corrected chi connectivity index (χ0v) is 15.0. The van der Waals surface area contributed by atoms with Gasteiger partial charge in [0.05, 0.1) is 36.7 Å². The van der Waals surface area contributed by atoms with E-state index in [4.69, 9.17) is 4.74 Å². The molecule has 0 atom stereocenters. The number of hydrogen-bond donors (Lipinski definition) is 1. The highest BCUT2D eigenvalue weighted by Crippen LogP contribution is 2.28. The van der Waals surface area contributed by atoms with Gasteiger partial charge in [-0.1, -0.05) is 0 Å². The van der Waals surface area contributed by atoms with Crippen LogP contribution in [0.1, 0.15) is 17.7 Å². The molecule has 2 aromatic rings. The Morgan fingerprint density at radius 2 is 2.18 bits per heavy atom. The lowest BCUT2D eigenvalue weighted by Gasteiger charge is -2.09. The SMILES string of the molecule is COc1cc(C=NNC(=O)CCn2nc([N+](=O)[O-])cc2C)ccc1OC(F)F. The van der Waals surface area contributed by atoms with E-state index >= 15 is 0 Å². The number of amides is 1. The second-order valence-corrected chi connectivity index (χ2v) is 5.46. The standard InChI is InChI=1S/C16H17F2N5O5/c1-10-7-14(23(25)26)21-22(10)6-5-15(24)20-19-9-11-3-4-12(28-16(17)18)13(8-11)27-2/h3-4,7-9,16H,5-6H2,1-2H3,(H,20,24). The van der Waals surface area contributed by atoms with Crippen LogP contribution in [0.5, 0.6) is 11.5 Å². The normalized spacial score (nSPS) is 11.0. The first-order valence-corrected chi connectivity index (χ1v) is 7.93. The Morgan fingerprint density at radius 3 is 2.79 bits per heavy atom. The number of alkyl halides is 2. The van der Waals surface area contributed by atoms with Gasteiger partial charge in [0.1, 0.15) is 0 Å². The maximum absolute atomic E-state index is 12.3. The molecule has 0 spiro atoms. The minimum absolute atomic E-state index is 0.00149. The van der Waals surface area contributed by atoms with E-state index in [1.807, 2.05) is 0 Å². The molecule has 10 nitrogen and oxygen atoms in total. The highest BCUT2D eigenvalue weighted by Gasteiger charge is 2.16. The molecule has 1 amide bonds. The number of aryl methyl sites for hydroxylation is 2. The molecule has 0 bridgehead atoms. The van der Waals surface area contributed by atoms with Crippen molar-refractivity contribution in [2.75, 3.05) is 7.11 Å². The molecular formula is C16H17F2N5O5. The van der Waals surface area contributed by atoms with Gasteiger partial charge in [-0.3, -0.25) is 4.79 Å². The topological polar surface area (TPSA) is 121 Å². The number of hydrogen-bond acceptors (Lipinski definition) is 7. The van der Waals surface area contributed by atoms with Crippen LogP contribution in [0.4, 0.5) is 14.6 Å². The van der Waals surface area contributed by atoms with Crippen LogP contribution in [0.25, 0.3) is 0 Å². The van der Waals surface area contributed by atoms with Gasteiger partial charge < -0.3 is 19.6 Å². The first kappa shape index (κ1) is 20.7. The molecule has 0 fully saturated rings. The molecule has 12 heteroatoms. The smallest absolute Gasteiger partial charge is 0.390 e. The van der Waals surface area contributed by atoms with E-state index < -0.39 is 17.4 Å². The molecule has 0 aliphatic heterocycles. The molecule has 150 valence electrons. The van der Waals surface area contributed by atoms with E-state index in [0.29, 0.717) is 11.3 Å². The molecule has 1 aromatic carbocycles. The summed E-state index contributed by atoms with van der Waals surface area (Å²) in [6.45, 7) is -1.19. The number of carbonyl (C=O) groups excluding carboxylic acids is 1. The van der Waals surface area contributed by atoms with Gasteiger partial charge in [0, 0.05) is 6.42 Å². The molecule has 0 saturated heterocycles. The lowest BCUT2D eigenvalue weighted by atomic mass is 10.2. The van der Waals surface area contributed by atoms with E-state index in [0.717, 1.165) is 0 Å². The summed E-state index contributed by atoms with van der Waals surface area (Å²) >= 11 is 0. The number of benzene rings is 1. The predicted molar refractivity (Wildman–Crippen MR) is 93.6 cm³/mol. The first-order valence-electron chi connectivity index (χ1n) is 7.93. The fourth-order valence-corrected chi connectivity index (χ4v) is 2.21. The Kier molecular flexibility index (Phi) is 6.96. The number of ether oxygens (including phenoxy) is 2. The van der Waals surface area contributed by atoms with Crippen LogP contribution < -0.4 is 14.9 Å². The number of aromatic nitrogens is 2. The average molecular weight is 397 g/mol. The van der Waals surface area contributed by atoms with Crippen molar-refractivity contribution < 1.29 is 28.0 Å². The minimum atomic E-state index is -2.98. The average Bonchev–Trinajstić information content (AvgIpc) is 3.02. The number of carbonyl (C=O) groups is 1. The number of methoxy groups -OCH3 is 1. The molecule has 0 unspecified atom stereocenters. The number of nitrogens with zero attached hydrogens (tertiary/aromatic N) is 4. The molecule has 1 aromatic heterocycles. The quantitative estimate of drug-likeness (QED) is 0.394. The molecule has 1 heterocycles. The van der Waals surface area contributed by atoms with Crippen LogP contribution >= 0.6 is 0 Å². The largest absolute Gasteiger partial charge is 0.493 e. The van der Waals surface area contributed by atoms with Crippen molar-refractivity contribution in [2.45, 2.75) is 26.5 Å². The van der Waals surface area contributed by atoms with E-state index in [1.54, 1.807) is 6.92 Å². The Labute approximate surface area is 157 Å². The maximum Gasteiger partial charge on any atom is 0.390 e. The third kappa shape index (κ3) is 5.72. The van der Waals surface area contributed by atoms with Crippen molar-refractivity contribution in [3.63, 3.8) is 0 Å². The third-order valence-corrected chi connectivity index (χ3v) is 3.51. The molecule has 0 radical (unpaired) electrons. The van der Waals surface area contributed by atoms with Crippen LogP contribution in [0.3, 0.4) is 0 Å². The van der Waals surface area contributed by atoms with Crippen LogP contribution in [-0.2, 0) is 11.3 Å². The summed E-state index contributed by atoms with van der Waals surface area (Å²) < 4.78 is 35.2. The number of hydrazone groups is 1.